The van der Waals surface area contributed by atoms with Crippen molar-refractivity contribution in [3.05, 3.63) is 64.1 Å². The molecule has 0 aliphatic heterocycles. The van der Waals surface area contributed by atoms with Crippen LogP contribution in [0.2, 0.25) is 0 Å². The molecule has 0 aliphatic carbocycles. The molecule has 0 heterocycles. The maximum absolute atomic E-state index is 10.2. The summed E-state index contributed by atoms with van der Waals surface area (Å²) in [5.41, 5.74) is 1.60. The fourth-order valence-electron chi connectivity index (χ4n) is 2.04. The third-order valence-corrected chi connectivity index (χ3v) is 3.96. The monoisotopic (exact) mass is 336 g/mol. The number of hydrogen-bond acceptors (Lipinski definition) is 3. The first-order valence-electron chi connectivity index (χ1n) is 6.35. The third-order valence-electron chi connectivity index (χ3n) is 3.19. The van der Waals surface area contributed by atoms with Gasteiger partial charge >= 0.3 is 0 Å². The molecule has 20 heavy (non-hydrogen) atoms. The lowest BCUT2D eigenvalue weighted by molar-refractivity contribution is 0.0188. The van der Waals surface area contributed by atoms with Crippen molar-refractivity contribution < 1.29 is 14.9 Å². The number of rotatable bonds is 5. The quantitative estimate of drug-likeness (QED) is 0.882. The molecule has 2 aromatic carbocycles. The second kappa shape index (κ2) is 6.88. The van der Waals surface area contributed by atoms with Crippen molar-refractivity contribution in [2.75, 3.05) is 7.11 Å². The Morgan fingerprint density at radius 3 is 2.45 bits per heavy atom. The van der Waals surface area contributed by atoms with E-state index in [1.165, 1.54) is 0 Å². The number of aliphatic hydroxyl groups excluding tert-OH is 2. The molecule has 0 radical (unpaired) electrons. The van der Waals surface area contributed by atoms with E-state index in [4.69, 9.17) is 4.74 Å². The molecule has 0 fully saturated rings. The predicted molar refractivity (Wildman–Crippen MR) is 81.8 cm³/mol. The third kappa shape index (κ3) is 3.60. The number of aliphatic hydroxyl groups is 2. The van der Waals surface area contributed by atoms with E-state index >= 15 is 0 Å². The summed E-state index contributed by atoms with van der Waals surface area (Å²) in [5, 5.41) is 20.4. The van der Waals surface area contributed by atoms with E-state index in [1.54, 1.807) is 19.2 Å². The Hall–Kier alpha value is -1.36. The van der Waals surface area contributed by atoms with E-state index in [0.717, 1.165) is 15.8 Å². The van der Waals surface area contributed by atoms with Crippen LogP contribution in [0.25, 0.3) is 0 Å². The van der Waals surface area contributed by atoms with Gasteiger partial charge in [0.2, 0.25) is 0 Å². The van der Waals surface area contributed by atoms with Gasteiger partial charge in [0.1, 0.15) is 11.9 Å². The van der Waals surface area contributed by atoms with Crippen LogP contribution in [0.5, 0.6) is 5.75 Å². The SMILES string of the molecule is COc1ccc(Br)c(CC(O)C(O)c2ccccc2)c1. The highest BCUT2D eigenvalue weighted by molar-refractivity contribution is 9.10. The Bertz CT molecular complexity index is 557. The van der Waals surface area contributed by atoms with Crippen LogP contribution in [0.1, 0.15) is 17.2 Å². The Kier molecular flexibility index (Phi) is 5.17. The Balaban J connectivity index is 2.13. The van der Waals surface area contributed by atoms with Crippen molar-refractivity contribution in [2.24, 2.45) is 0 Å². The highest BCUT2D eigenvalue weighted by Gasteiger charge is 2.19. The molecule has 0 amide bonds. The van der Waals surface area contributed by atoms with Gasteiger partial charge in [0, 0.05) is 10.9 Å². The van der Waals surface area contributed by atoms with Crippen molar-refractivity contribution in [1.82, 2.24) is 0 Å². The summed E-state index contributed by atoms with van der Waals surface area (Å²) < 4.78 is 6.06. The minimum absolute atomic E-state index is 0.341. The first-order chi connectivity index (χ1) is 9.61. The van der Waals surface area contributed by atoms with Crippen molar-refractivity contribution >= 4 is 15.9 Å². The zero-order chi connectivity index (χ0) is 14.5. The van der Waals surface area contributed by atoms with Crippen molar-refractivity contribution in [3.63, 3.8) is 0 Å². The molecule has 106 valence electrons. The van der Waals surface area contributed by atoms with Gasteiger partial charge in [-0.25, -0.2) is 0 Å². The minimum atomic E-state index is -0.908. The molecular formula is C16H17BrO3. The zero-order valence-corrected chi connectivity index (χ0v) is 12.7. The Morgan fingerprint density at radius 1 is 1.10 bits per heavy atom. The van der Waals surface area contributed by atoms with Crippen LogP contribution in [0.15, 0.2) is 53.0 Å². The van der Waals surface area contributed by atoms with Gasteiger partial charge < -0.3 is 14.9 Å². The molecule has 2 unspecified atom stereocenters. The first-order valence-corrected chi connectivity index (χ1v) is 7.14. The molecule has 2 rings (SSSR count). The van der Waals surface area contributed by atoms with E-state index in [9.17, 15) is 10.2 Å². The number of halogens is 1. The van der Waals surface area contributed by atoms with Gasteiger partial charge in [-0.1, -0.05) is 46.3 Å². The maximum Gasteiger partial charge on any atom is 0.119 e. The standard InChI is InChI=1S/C16H17BrO3/c1-20-13-7-8-14(17)12(9-13)10-15(18)16(19)11-5-3-2-4-6-11/h2-9,15-16,18-19H,10H2,1H3. The molecule has 4 heteroatoms. The van der Waals surface area contributed by atoms with Gasteiger partial charge in [-0.2, -0.15) is 0 Å². The van der Waals surface area contributed by atoms with E-state index in [1.807, 2.05) is 36.4 Å². The van der Waals surface area contributed by atoms with Gasteiger partial charge in [0.15, 0.2) is 0 Å². The summed E-state index contributed by atoms with van der Waals surface area (Å²) in [6.07, 6.45) is -1.44. The van der Waals surface area contributed by atoms with E-state index < -0.39 is 12.2 Å². The summed E-state index contributed by atoms with van der Waals surface area (Å²) in [4.78, 5) is 0. The highest BCUT2D eigenvalue weighted by atomic mass is 79.9. The summed E-state index contributed by atoms with van der Waals surface area (Å²) >= 11 is 3.45. The average molecular weight is 337 g/mol. The van der Waals surface area contributed by atoms with Crippen LogP contribution < -0.4 is 4.74 Å². The normalized spacial score (nSPS) is 13.8. The Morgan fingerprint density at radius 2 is 1.80 bits per heavy atom. The lowest BCUT2D eigenvalue weighted by Gasteiger charge is -2.19. The summed E-state index contributed by atoms with van der Waals surface area (Å²) in [5.74, 6) is 0.726. The zero-order valence-electron chi connectivity index (χ0n) is 11.2. The second-order valence-electron chi connectivity index (χ2n) is 4.58. The van der Waals surface area contributed by atoms with Crippen molar-refractivity contribution in [1.29, 1.82) is 0 Å². The van der Waals surface area contributed by atoms with Gasteiger partial charge in [0.05, 0.1) is 13.2 Å². The van der Waals surface area contributed by atoms with Gasteiger partial charge in [-0.15, -0.1) is 0 Å². The average Bonchev–Trinajstić information content (AvgIpc) is 2.49. The first kappa shape index (κ1) is 15.0. The van der Waals surface area contributed by atoms with E-state index in [2.05, 4.69) is 15.9 Å². The molecule has 3 nitrogen and oxygen atoms in total. The molecule has 2 aromatic rings. The van der Waals surface area contributed by atoms with Crippen molar-refractivity contribution in [2.45, 2.75) is 18.6 Å². The van der Waals surface area contributed by atoms with Gasteiger partial charge in [0.25, 0.3) is 0 Å². The number of ether oxygens (including phenoxy) is 1. The smallest absolute Gasteiger partial charge is 0.119 e. The molecule has 2 atom stereocenters. The maximum atomic E-state index is 10.2. The van der Waals surface area contributed by atoms with Crippen LogP contribution in [-0.4, -0.2) is 23.4 Å². The molecule has 0 bridgehead atoms. The van der Waals surface area contributed by atoms with Crippen LogP contribution in [0.4, 0.5) is 0 Å². The predicted octanol–water partition coefficient (Wildman–Crippen LogP) is 3.09. The number of methoxy groups -OCH3 is 1. The number of hydrogen-bond donors (Lipinski definition) is 2. The molecular weight excluding hydrogens is 320 g/mol. The number of benzene rings is 2. The van der Waals surface area contributed by atoms with E-state index in [0.29, 0.717) is 12.0 Å². The molecule has 0 aromatic heterocycles. The fraction of sp³-hybridized carbons (Fsp3) is 0.250. The topological polar surface area (TPSA) is 49.7 Å². The van der Waals surface area contributed by atoms with Crippen LogP contribution in [0.3, 0.4) is 0 Å². The lowest BCUT2D eigenvalue weighted by Crippen LogP contribution is -2.21. The van der Waals surface area contributed by atoms with Crippen LogP contribution >= 0.6 is 15.9 Å². The fourth-order valence-corrected chi connectivity index (χ4v) is 2.45. The molecule has 0 saturated carbocycles. The van der Waals surface area contributed by atoms with Crippen LogP contribution in [0, 0.1) is 0 Å². The Labute approximate surface area is 127 Å². The largest absolute Gasteiger partial charge is 0.497 e. The molecule has 0 spiro atoms. The molecule has 0 saturated heterocycles. The summed E-state index contributed by atoms with van der Waals surface area (Å²) in [6, 6.07) is 14.7. The molecule has 2 N–H and O–H groups in total. The highest BCUT2D eigenvalue weighted by Crippen LogP contribution is 2.26. The lowest BCUT2D eigenvalue weighted by atomic mass is 9.98. The van der Waals surface area contributed by atoms with Gasteiger partial charge in [-0.05, 0) is 29.3 Å². The molecule has 0 aliphatic rings. The minimum Gasteiger partial charge on any atom is -0.497 e. The van der Waals surface area contributed by atoms with Crippen LogP contribution in [-0.2, 0) is 6.42 Å². The van der Waals surface area contributed by atoms with Crippen molar-refractivity contribution in [3.8, 4) is 5.75 Å². The second-order valence-corrected chi connectivity index (χ2v) is 5.44. The van der Waals surface area contributed by atoms with Gasteiger partial charge in [-0.3, -0.25) is 0 Å². The summed E-state index contributed by atoms with van der Waals surface area (Å²) in [6.45, 7) is 0. The van der Waals surface area contributed by atoms with E-state index in [-0.39, 0.29) is 0 Å². The summed E-state index contributed by atoms with van der Waals surface area (Å²) in [7, 11) is 1.60.